The number of benzene rings is 1. The fourth-order valence-corrected chi connectivity index (χ4v) is 3.02. The van der Waals surface area contributed by atoms with E-state index in [0.29, 0.717) is 12.5 Å². The maximum absolute atomic E-state index is 11.9. The Balaban J connectivity index is 1.59. The van der Waals surface area contributed by atoms with Crippen LogP contribution in [0, 0.1) is 0 Å². The van der Waals surface area contributed by atoms with Crippen molar-refractivity contribution >= 4 is 23.2 Å². The lowest BCUT2D eigenvalue weighted by Crippen LogP contribution is -2.33. The summed E-state index contributed by atoms with van der Waals surface area (Å²) in [7, 11) is 0. The van der Waals surface area contributed by atoms with E-state index in [1.807, 2.05) is 12.1 Å². The van der Waals surface area contributed by atoms with Crippen LogP contribution in [0.1, 0.15) is 37.3 Å². The highest BCUT2D eigenvalue weighted by molar-refractivity contribution is 7.11. The molecule has 3 rings (SSSR count). The Hall–Kier alpha value is -2.21. The Morgan fingerprint density at radius 1 is 1.40 bits per heavy atom. The number of thiazole rings is 1. The van der Waals surface area contributed by atoms with Crippen LogP contribution >= 0.6 is 11.3 Å². The molecule has 2 aromatic rings. The van der Waals surface area contributed by atoms with E-state index in [9.17, 15) is 9.59 Å². The summed E-state index contributed by atoms with van der Waals surface area (Å²) in [5, 5.41) is 13.1. The van der Waals surface area contributed by atoms with E-state index in [1.165, 1.54) is 16.5 Å². The summed E-state index contributed by atoms with van der Waals surface area (Å²) in [5.74, 6) is -1.09. The normalized spacial score (nSPS) is 16.1. The molecule has 5 nitrogen and oxygen atoms in total. The molecule has 1 unspecified atom stereocenters. The summed E-state index contributed by atoms with van der Waals surface area (Å²) >= 11 is 1.04. The zero-order chi connectivity index (χ0) is 14.1. The molecule has 102 valence electrons. The number of aromatic nitrogens is 1. The first kappa shape index (κ1) is 12.8. The lowest BCUT2D eigenvalue weighted by Gasteiger charge is -2.30. The number of nitrogens with one attached hydrogen (secondary N) is 1. The van der Waals surface area contributed by atoms with E-state index in [0.717, 1.165) is 17.8 Å². The van der Waals surface area contributed by atoms with Gasteiger partial charge in [-0.3, -0.25) is 4.79 Å². The van der Waals surface area contributed by atoms with Crippen molar-refractivity contribution in [2.24, 2.45) is 0 Å². The largest absolute Gasteiger partial charge is 0.476 e. The summed E-state index contributed by atoms with van der Waals surface area (Å²) in [6, 6.07) is 8.17. The number of amides is 1. The van der Waals surface area contributed by atoms with Gasteiger partial charge in [-0.1, -0.05) is 24.3 Å². The Morgan fingerprint density at radius 2 is 2.20 bits per heavy atom. The molecule has 0 radical (unpaired) electrons. The molecule has 1 aromatic heterocycles. The molecule has 1 aliphatic carbocycles. The van der Waals surface area contributed by atoms with Crippen molar-refractivity contribution in [3.05, 3.63) is 51.5 Å². The van der Waals surface area contributed by atoms with Gasteiger partial charge in [0.2, 0.25) is 0 Å². The fourth-order valence-electron chi connectivity index (χ4n) is 2.31. The number of rotatable bonds is 4. The van der Waals surface area contributed by atoms with E-state index >= 15 is 0 Å². The number of carboxylic acid groups (broad SMARTS) is 1. The fraction of sp³-hybridized carbons (Fsp3) is 0.214. The Kier molecular flexibility index (Phi) is 3.23. The Bertz CT molecular complexity index is 681. The number of carboxylic acids is 1. The third-order valence-electron chi connectivity index (χ3n) is 3.39. The summed E-state index contributed by atoms with van der Waals surface area (Å²) in [6.45, 7) is 0.553. The van der Waals surface area contributed by atoms with Gasteiger partial charge in [-0.25, -0.2) is 9.78 Å². The van der Waals surface area contributed by atoms with Gasteiger partial charge in [0.1, 0.15) is 0 Å². The lowest BCUT2D eigenvalue weighted by molar-refractivity contribution is 0.0691. The van der Waals surface area contributed by atoms with Crippen LogP contribution in [-0.4, -0.2) is 28.5 Å². The first-order valence-electron chi connectivity index (χ1n) is 6.20. The van der Waals surface area contributed by atoms with Crippen LogP contribution in [0.15, 0.2) is 29.6 Å². The van der Waals surface area contributed by atoms with Crippen molar-refractivity contribution in [2.45, 2.75) is 12.3 Å². The average Bonchev–Trinajstić information content (AvgIpc) is 2.89. The molecular weight excluding hydrogens is 276 g/mol. The highest BCUT2D eigenvalue weighted by atomic mass is 32.1. The molecule has 0 saturated heterocycles. The minimum absolute atomic E-state index is 0.0888. The van der Waals surface area contributed by atoms with Gasteiger partial charge < -0.3 is 10.4 Å². The molecule has 0 fully saturated rings. The predicted molar refractivity (Wildman–Crippen MR) is 74.3 cm³/mol. The van der Waals surface area contributed by atoms with Crippen molar-refractivity contribution in [1.82, 2.24) is 10.3 Å². The van der Waals surface area contributed by atoms with Crippen LogP contribution in [0.5, 0.6) is 0 Å². The summed E-state index contributed by atoms with van der Waals surface area (Å²) < 4.78 is 0. The molecule has 20 heavy (non-hydrogen) atoms. The number of nitrogens with zero attached hydrogens (tertiary/aromatic N) is 1. The predicted octanol–water partition coefficient (Wildman–Crippen LogP) is 1.91. The maximum atomic E-state index is 11.9. The molecule has 0 aliphatic heterocycles. The number of carbonyl (C=O) groups excluding carboxylic acids is 1. The molecule has 1 amide bonds. The number of aromatic carboxylic acids is 1. The van der Waals surface area contributed by atoms with Gasteiger partial charge in [-0.15, -0.1) is 11.3 Å². The zero-order valence-corrected chi connectivity index (χ0v) is 11.3. The van der Waals surface area contributed by atoms with Gasteiger partial charge in [-0.2, -0.15) is 0 Å². The number of hydrogen-bond donors (Lipinski definition) is 2. The van der Waals surface area contributed by atoms with E-state index in [4.69, 9.17) is 5.11 Å². The standard InChI is InChI=1S/C14H12N2O3S/c17-12(13-16-11(7-20-13)14(18)19)15-6-9-5-8-3-1-2-4-10(8)9/h1-4,7,9H,5-6H2,(H,15,17)(H,18,19). The van der Waals surface area contributed by atoms with Gasteiger partial charge in [0, 0.05) is 17.8 Å². The van der Waals surface area contributed by atoms with E-state index in [1.54, 1.807) is 0 Å². The topological polar surface area (TPSA) is 79.3 Å². The molecule has 0 bridgehead atoms. The van der Waals surface area contributed by atoms with E-state index < -0.39 is 5.97 Å². The van der Waals surface area contributed by atoms with Crippen LogP contribution in [0.25, 0.3) is 0 Å². The lowest BCUT2D eigenvalue weighted by atomic mass is 9.77. The smallest absolute Gasteiger partial charge is 0.355 e. The Labute approximate surface area is 119 Å². The van der Waals surface area contributed by atoms with E-state index in [-0.39, 0.29) is 16.6 Å². The second-order valence-corrected chi connectivity index (χ2v) is 5.51. The first-order chi connectivity index (χ1) is 9.65. The first-order valence-corrected chi connectivity index (χ1v) is 7.08. The highest BCUT2D eigenvalue weighted by Crippen LogP contribution is 2.34. The maximum Gasteiger partial charge on any atom is 0.355 e. The number of fused-ring (bicyclic) bond motifs is 1. The van der Waals surface area contributed by atoms with Gasteiger partial charge in [0.25, 0.3) is 5.91 Å². The van der Waals surface area contributed by atoms with E-state index in [2.05, 4.69) is 22.4 Å². The monoisotopic (exact) mass is 288 g/mol. The molecule has 6 heteroatoms. The van der Waals surface area contributed by atoms with Gasteiger partial charge >= 0.3 is 5.97 Å². The average molecular weight is 288 g/mol. The second kappa shape index (κ2) is 5.05. The van der Waals surface area contributed by atoms with Crippen molar-refractivity contribution in [3.63, 3.8) is 0 Å². The molecule has 1 aliphatic rings. The van der Waals surface area contributed by atoms with Crippen molar-refractivity contribution < 1.29 is 14.7 Å². The van der Waals surface area contributed by atoms with Gasteiger partial charge in [0.05, 0.1) is 0 Å². The van der Waals surface area contributed by atoms with Crippen LogP contribution in [0.2, 0.25) is 0 Å². The highest BCUT2D eigenvalue weighted by Gasteiger charge is 2.26. The molecular formula is C14H12N2O3S. The molecule has 1 atom stereocenters. The minimum Gasteiger partial charge on any atom is -0.476 e. The molecule has 1 heterocycles. The second-order valence-electron chi connectivity index (χ2n) is 4.65. The number of hydrogen-bond acceptors (Lipinski definition) is 4. The third kappa shape index (κ3) is 2.30. The van der Waals surface area contributed by atoms with Crippen molar-refractivity contribution in [2.75, 3.05) is 6.54 Å². The molecule has 0 spiro atoms. The van der Waals surface area contributed by atoms with Crippen LogP contribution < -0.4 is 5.32 Å². The van der Waals surface area contributed by atoms with Gasteiger partial charge in [-0.05, 0) is 17.5 Å². The van der Waals surface area contributed by atoms with Crippen LogP contribution in [-0.2, 0) is 6.42 Å². The summed E-state index contributed by atoms with van der Waals surface area (Å²) in [6.07, 6.45) is 0.967. The molecule has 2 N–H and O–H groups in total. The zero-order valence-electron chi connectivity index (χ0n) is 10.5. The summed E-state index contributed by atoms with van der Waals surface area (Å²) in [5.41, 5.74) is 2.52. The summed E-state index contributed by atoms with van der Waals surface area (Å²) in [4.78, 5) is 26.4. The third-order valence-corrected chi connectivity index (χ3v) is 4.23. The van der Waals surface area contributed by atoms with Crippen molar-refractivity contribution in [3.8, 4) is 0 Å². The molecule has 1 aromatic carbocycles. The molecule has 0 saturated carbocycles. The Morgan fingerprint density at radius 3 is 2.90 bits per heavy atom. The van der Waals surface area contributed by atoms with Gasteiger partial charge in [0.15, 0.2) is 10.7 Å². The van der Waals surface area contributed by atoms with Crippen molar-refractivity contribution in [1.29, 1.82) is 0 Å². The number of carbonyl (C=O) groups is 2. The van der Waals surface area contributed by atoms with Crippen LogP contribution in [0.4, 0.5) is 0 Å². The quantitative estimate of drug-likeness (QED) is 0.900. The SMILES string of the molecule is O=C(O)c1csc(C(=O)NCC2Cc3ccccc32)n1. The van der Waals surface area contributed by atoms with Crippen LogP contribution in [0.3, 0.4) is 0 Å². The minimum atomic E-state index is -1.12.